The summed E-state index contributed by atoms with van der Waals surface area (Å²) in [6.45, 7) is 6.92. The van der Waals surface area contributed by atoms with E-state index in [-0.39, 0.29) is 0 Å². The predicted octanol–water partition coefficient (Wildman–Crippen LogP) is 10.2. The highest BCUT2D eigenvalue weighted by Gasteiger charge is 2.09. The zero-order valence-electron chi connectivity index (χ0n) is 21.0. The third kappa shape index (κ3) is 13.5. The van der Waals surface area contributed by atoms with E-state index in [1.807, 2.05) is 0 Å². The Bertz CT molecular complexity index is 453. The lowest BCUT2D eigenvalue weighted by Crippen LogP contribution is -2.02. The van der Waals surface area contributed by atoms with E-state index in [0.717, 1.165) is 0 Å². The van der Waals surface area contributed by atoms with Crippen molar-refractivity contribution in [3.63, 3.8) is 0 Å². The molecule has 0 aliphatic carbocycles. The average Bonchev–Trinajstić information content (AvgIpc) is 2.76. The minimum absolute atomic E-state index is 1.28. The Labute approximate surface area is 190 Å². The van der Waals surface area contributed by atoms with Gasteiger partial charge in [0, 0.05) is 0 Å². The van der Waals surface area contributed by atoms with Crippen molar-refractivity contribution in [3.8, 4) is 0 Å². The smallest absolute Gasteiger partial charge is 0.0178 e. The highest BCUT2D eigenvalue weighted by molar-refractivity contribution is 5.35. The molecule has 0 aliphatic heterocycles. The molecule has 0 atom stereocenters. The molecule has 0 heterocycles. The largest absolute Gasteiger partial charge is 0.0654 e. The van der Waals surface area contributed by atoms with Gasteiger partial charge in [-0.1, -0.05) is 129 Å². The second kappa shape index (κ2) is 20.1. The standard InChI is InChI=1S/C30H53/c1-4-7-10-13-16-19-23-28-25-22-26-29(24-20-17-14-11-8-5-2)30(28)27-21-18-15-12-9-6-3/h25-26H,4-21,23-24,27H2,1-3H3. The third-order valence-electron chi connectivity index (χ3n) is 6.67. The Kier molecular flexibility index (Phi) is 18.3. The molecule has 0 saturated carbocycles. The van der Waals surface area contributed by atoms with Gasteiger partial charge in [-0.25, -0.2) is 0 Å². The molecule has 0 fully saturated rings. The molecule has 30 heavy (non-hydrogen) atoms. The van der Waals surface area contributed by atoms with Crippen LogP contribution in [0.4, 0.5) is 0 Å². The van der Waals surface area contributed by atoms with Crippen LogP contribution in [0.3, 0.4) is 0 Å². The summed E-state index contributed by atoms with van der Waals surface area (Å²) in [5.41, 5.74) is 4.97. The number of benzene rings is 1. The van der Waals surface area contributed by atoms with Crippen LogP contribution in [0.15, 0.2) is 12.1 Å². The number of aryl methyl sites for hydroxylation is 2. The van der Waals surface area contributed by atoms with Crippen molar-refractivity contribution in [2.75, 3.05) is 0 Å². The van der Waals surface area contributed by atoms with E-state index in [4.69, 9.17) is 0 Å². The zero-order chi connectivity index (χ0) is 21.7. The lowest BCUT2D eigenvalue weighted by atomic mass is 9.90. The molecule has 1 rings (SSSR count). The summed E-state index contributed by atoms with van der Waals surface area (Å²) in [5, 5.41) is 0. The SMILES string of the molecule is CCCCCCCCc1c[c]cc(CCCCCCCC)c1CCCCCCCC. The van der Waals surface area contributed by atoms with Crippen LogP contribution in [-0.4, -0.2) is 0 Å². The van der Waals surface area contributed by atoms with Gasteiger partial charge in [0.2, 0.25) is 0 Å². The van der Waals surface area contributed by atoms with Crippen molar-refractivity contribution in [1.29, 1.82) is 0 Å². The van der Waals surface area contributed by atoms with Crippen LogP contribution >= 0.6 is 0 Å². The summed E-state index contributed by atoms with van der Waals surface area (Å²) in [6.07, 6.45) is 29.0. The topological polar surface area (TPSA) is 0 Å². The fourth-order valence-electron chi connectivity index (χ4n) is 4.66. The Balaban J connectivity index is 2.55. The normalized spacial score (nSPS) is 11.3. The first kappa shape index (κ1) is 27.3. The highest BCUT2D eigenvalue weighted by Crippen LogP contribution is 2.23. The van der Waals surface area contributed by atoms with Gasteiger partial charge in [0.1, 0.15) is 0 Å². The molecule has 1 aromatic carbocycles. The van der Waals surface area contributed by atoms with Crippen LogP contribution in [0.25, 0.3) is 0 Å². The Hall–Kier alpha value is -0.780. The molecule has 0 aromatic heterocycles. The van der Waals surface area contributed by atoms with Gasteiger partial charge in [0.05, 0.1) is 0 Å². The van der Waals surface area contributed by atoms with Crippen molar-refractivity contribution in [2.45, 2.75) is 156 Å². The van der Waals surface area contributed by atoms with Crippen molar-refractivity contribution < 1.29 is 0 Å². The first-order valence-electron chi connectivity index (χ1n) is 13.8. The zero-order valence-corrected chi connectivity index (χ0v) is 21.0. The van der Waals surface area contributed by atoms with Crippen molar-refractivity contribution in [2.24, 2.45) is 0 Å². The molecule has 0 aliphatic rings. The summed E-state index contributed by atoms with van der Waals surface area (Å²) >= 11 is 0. The Morgan fingerprint density at radius 3 is 1.17 bits per heavy atom. The first-order chi connectivity index (χ1) is 14.8. The van der Waals surface area contributed by atoms with Crippen molar-refractivity contribution in [3.05, 3.63) is 34.9 Å². The van der Waals surface area contributed by atoms with Gasteiger partial charge in [0.15, 0.2) is 0 Å². The highest BCUT2D eigenvalue weighted by atomic mass is 14.1. The van der Waals surface area contributed by atoms with Gasteiger partial charge in [-0.3, -0.25) is 0 Å². The molecule has 0 unspecified atom stereocenters. The van der Waals surface area contributed by atoms with Crippen molar-refractivity contribution in [1.82, 2.24) is 0 Å². The molecule has 173 valence electrons. The van der Waals surface area contributed by atoms with E-state index >= 15 is 0 Å². The summed E-state index contributed by atoms with van der Waals surface area (Å²) in [6, 6.07) is 8.16. The van der Waals surface area contributed by atoms with E-state index in [2.05, 4.69) is 39.0 Å². The quantitative estimate of drug-likeness (QED) is 0.176. The second-order valence-electron chi connectivity index (χ2n) is 9.54. The second-order valence-corrected chi connectivity index (χ2v) is 9.54. The van der Waals surface area contributed by atoms with Crippen LogP contribution in [0.2, 0.25) is 0 Å². The van der Waals surface area contributed by atoms with E-state index < -0.39 is 0 Å². The molecule has 1 aromatic rings. The number of rotatable bonds is 21. The fraction of sp³-hybridized carbons (Fsp3) is 0.800. The molecular weight excluding hydrogens is 360 g/mol. The van der Waals surface area contributed by atoms with Crippen LogP contribution in [-0.2, 0) is 19.3 Å². The van der Waals surface area contributed by atoms with Gasteiger partial charge in [0.25, 0.3) is 0 Å². The minimum Gasteiger partial charge on any atom is -0.0654 e. The van der Waals surface area contributed by atoms with Gasteiger partial charge >= 0.3 is 0 Å². The van der Waals surface area contributed by atoms with Crippen LogP contribution in [0.5, 0.6) is 0 Å². The molecule has 0 heteroatoms. The molecule has 0 nitrogen and oxygen atoms in total. The Morgan fingerprint density at radius 1 is 0.433 bits per heavy atom. The summed E-state index contributed by atoms with van der Waals surface area (Å²) < 4.78 is 0. The van der Waals surface area contributed by atoms with Gasteiger partial charge in [-0.2, -0.15) is 0 Å². The monoisotopic (exact) mass is 413 g/mol. The number of hydrogen-bond acceptors (Lipinski definition) is 0. The first-order valence-corrected chi connectivity index (χ1v) is 13.8. The molecule has 0 bridgehead atoms. The molecule has 0 amide bonds. The lowest BCUT2D eigenvalue weighted by Gasteiger charge is -2.15. The van der Waals surface area contributed by atoms with E-state index in [0.29, 0.717) is 0 Å². The molecular formula is C30H53. The van der Waals surface area contributed by atoms with Crippen LogP contribution < -0.4 is 0 Å². The van der Waals surface area contributed by atoms with Crippen LogP contribution in [0.1, 0.15) is 153 Å². The average molecular weight is 414 g/mol. The van der Waals surface area contributed by atoms with Crippen molar-refractivity contribution >= 4 is 0 Å². The molecule has 0 N–H and O–H groups in total. The summed E-state index contributed by atoms with van der Waals surface area (Å²) in [4.78, 5) is 0. The maximum absolute atomic E-state index is 3.51. The van der Waals surface area contributed by atoms with E-state index in [1.54, 1.807) is 16.7 Å². The number of hydrogen-bond donors (Lipinski definition) is 0. The van der Waals surface area contributed by atoms with E-state index in [9.17, 15) is 0 Å². The fourth-order valence-corrected chi connectivity index (χ4v) is 4.66. The summed E-state index contributed by atoms with van der Waals surface area (Å²) in [5.74, 6) is 0. The van der Waals surface area contributed by atoms with E-state index in [1.165, 1.54) is 135 Å². The Morgan fingerprint density at radius 2 is 0.767 bits per heavy atom. The molecule has 1 radical (unpaired) electrons. The van der Waals surface area contributed by atoms with Gasteiger partial charge < -0.3 is 0 Å². The van der Waals surface area contributed by atoms with Crippen LogP contribution in [0, 0.1) is 6.07 Å². The lowest BCUT2D eigenvalue weighted by molar-refractivity contribution is 0.593. The molecule has 0 saturated heterocycles. The molecule has 0 spiro atoms. The van der Waals surface area contributed by atoms with Gasteiger partial charge in [-0.05, 0) is 61.3 Å². The number of unbranched alkanes of at least 4 members (excludes halogenated alkanes) is 15. The summed E-state index contributed by atoms with van der Waals surface area (Å²) in [7, 11) is 0. The maximum atomic E-state index is 3.51. The predicted molar refractivity (Wildman–Crippen MR) is 137 cm³/mol. The minimum atomic E-state index is 1.28. The third-order valence-corrected chi connectivity index (χ3v) is 6.67. The maximum Gasteiger partial charge on any atom is -0.0178 e. The van der Waals surface area contributed by atoms with Gasteiger partial charge in [-0.15, -0.1) is 0 Å².